The average Bonchev–Trinajstić information content (AvgIpc) is 3.28. The van der Waals surface area contributed by atoms with Crippen LogP contribution in [0.15, 0.2) is 47.5 Å². The second-order valence-corrected chi connectivity index (χ2v) is 6.39. The minimum absolute atomic E-state index is 0.106. The second kappa shape index (κ2) is 7.16. The molecule has 3 heterocycles. The van der Waals surface area contributed by atoms with Gasteiger partial charge in [0.05, 0.1) is 25.8 Å². The molecule has 3 aromatic rings. The fourth-order valence-electron chi connectivity index (χ4n) is 3.04. The summed E-state index contributed by atoms with van der Waals surface area (Å²) in [6.07, 6.45) is 3.36. The molecule has 130 valence electrons. The maximum atomic E-state index is 5.83. The molecular weight excluding hydrogens is 318 g/mol. The van der Waals surface area contributed by atoms with E-state index >= 15 is 0 Å². The first kappa shape index (κ1) is 16.0. The van der Waals surface area contributed by atoms with E-state index in [4.69, 9.17) is 9.26 Å². The molecule has 0 saturated carbocycles. The number of aryl methyl sites for hydroxylation is 1. The highest BCUT2D eigenvalue weighted by Crippen LogP contribution is 2.21. The molecule has 1 aliphatic heterocycles. The van der Waals surface area contributed by atoms with Gasteiger partial charge in [0.25, 0.3) is 0 Å². The lowest BCUT2D eigenvalue weighted by Crippen LogP contribution is -2.43. The largest absolute Gasteiger partial charge is 0.374 e. The zero-order chi connectivity index (χ0) is 17.1. The van der Waals surface area contributed by atoms with Gasteiger partial charge in [-0.3, -0.25) is 9.58 Å². The Labute approximate surface area is 146 Å². The molecule has 0 bridgehead atoms. The molecule has 1 fully saturated rings. The van der Waals surface area contributed by atoms with Gasteiger partial charge in [-0.05, 0) is 6.92 Å². The second-order valence-electron chi connectivity index (χ2n) is 6.39. The van der Waals surface area contributed by atoms with Crippen molar-refractivity contribution in [1.82, 2.24) is 24.8 Å². The number of rotatable bonds is 5. The monoisotopic (exact) mass is 339 g/mol. The smallest absolute Gasteiger partial charge is 0.151 e. The molecule has 0 N–H and O–H groups in total. The van der Waals surface area contributed by atoms with Gasteiger partial charge in [0.2, 0.25) is 0 Å². The summed E-state index contributed by atoms with van der Waals surface area (Å²) in [5, 5.41) is 8.35. The molecule has 4 rings (SSSR count). The number of nitrogens with zero attached hydrogens (tertiary/aromatic N) is 5. The quantitative estimate of drug-likeness (QED) is 0.709. The molecular formula is C18H21N5O2. The van der Waals surface area contributed by atoms with E-state index in [9.17, 15) is 0 Å². The van der Waals surface area contributed by atoms with Crippen molar-refractivity contribution in [3.8, 4) is 11.3 Å². The summed E-state index contributed by atoms with van der Waals surface area (Å²) in [7, 11) is 0. The van der Waals surface area contributed by atoms with Gasteiger partial charge in [-0.1, -0.05) is 35.0 Å². The topological polar surface area (TPSA) is 69.2 Å². The summed E-state index contributed by atoms with van der Waals surface area (Å²) >= 11 is 0. The summed E-state index contributed by atoms with van der Waals surface area (Å²) in [5.74, 6) is 0.872. The van der Waals surface area contributed by atoms with Crippen LogP contribution in [0.25, 0.3) is 11.3 Å². The summed E-state index contributed by atoms with van der Waals surface area (Å²) in [6, 6.07) is 10.3. The number of hydrogen-bond donors (Lipinski definition) is 0. The van der Waals surface area contributed by atoms with Crippen LogP contribution in [-0.4, -0.2) is 50.6 Å². The first-order valence-corrected chi connectivity index (χ1v) is 8.45. The molecule has 1 atom stereocenters. The standard InChI is InChI=1S/C18H21N5O2/c1-14-2-4-15(5-3-14)18-8-16(25-21-18)9-22-6-7-24-17(10-22)11-23-13-19-12-20-23/h2-5,8,12-13,17H,6-7,9-11H2,1H3/t17-/m0/s1. The van der Waals surface area contributed by atoms with Gasteiger partial charge in [-0.15, -0.1) is 0 Å². The van der Waals surface area contributed by atoms with Crippen LogP contribution < -0.4 is 0 Å². The highest BCUT2D eigenvalue weighted by molar-refractivity contribution is 5.59. The summed E-state index contributed by atoms with van der Waals surface area (Å²) in [4.78, 5) is 6.29. The Bertz CT molecular complexity index is 797. The molecule has 7 nitrogen and oxygen atoms in total. The average molecular weight is 339 g/mol. The molecule has 0 spiro atoms. The van der Waals surface area contributed by atoms with Crippen molar-refractivity contribution in [2.45, 2.75) is 26.1 Å². The van der Waals surface area contributed by atoms with Crippen molar-refractivity contribution in [3.63, 3.8) is 0 Å². The summed E-state index contributed by atoms with van der Waals surface area (Å²) in [6.45, 7) is 5.94. The highest BCUT2D eigenvalue weighted by Gasteiger charge is 2.22. The van der Waals surface area contributed by atoms with Crippen LogP contribution in [0, 0.1) is 6.92 Å². The molecule has 0 radical (unpaired) electrons. The van der Waals surface area contributed by atoms with Crippen LogP contribution in [0.5, 0.6) is 0 Å². The van der Waals surface area contributed by atoms with Gasteiger partial charge in [0.15, 0.2) is 5.76 Å². The van der Waals surface area contributed by atoms with E-state index in [1.165, 1.54) is 5.56 Å². The highest BCUT2D eigenvalue weighted by atomic mass is 16.5. The molecule has 7 heteroatoms. The lowest BCUT2D eigenvalue weighted by molar-refractivity contribution is -0.0422. The summed E-state index contributed by atoms with van der Waals surface area (Å²) < 4.78 is 13.2. The fraction of sp³-hybridized carbons (Fsp3) is 0.389. The molecule has 0 aliphatic carbocycles. The van der Waals surface area contributed by atoms with Crippen molar-refractivity contribution in [2.75, 3.05) is 19.7 Å². The Morgan fingerprint density at radius 1 is 1.24 bits per heavy atom. The molecule has 0 amide bonds. The third kappa shape index (κ3) is 3.94. The van der Waals surface area contributed by atoms with E-state index < -0.39 is 0 Å². The fourth-order valence-corrected chi connectivity index (χ4v) is 3.04. The molecule has 25 heavy (non-hydrogen) atoms. The SMILES string of the molecule is Cc1ccc(-c2cc(CN3CCO[C@H](Cn4cncn4)C3)on2)cc1. The molecule has 1 aromatic carbocycles. The maximum absolute atomic E-state index is 5.83. The van der Waals surface area contributed by atoms with Crippen LogP contribution in [0.4, 0.5) is 0 Å². The van der Waals surface area contributed by atoms with Gasteiger partial charge in [-0.2, -0.15) is 5.10 Å². The predicted octanol–water partition coefficient (Wildman–Crippen LogP) is 2.14. The Hall–Kier alpha value is -2.51. The van der Waals surface area contributed by atoms with Crippen LogP contribution in [0.1, 0.15) is 11.3 Å². The number of benzene rings is 1. The number of aromatic nitrogens is 4. The van der Waals surface area contributed by atoms with Crippen molar-refractivity contribution < 1.29 is 9.26 Å². The van der Waals surface area contributed by atoms with Gasteiger partial charge in [0, 0.05) is 24.7 Å². The summed E-state index contributed by atoms with van der Waals surface area (Å²) in [5.41, 5.74) is 3.19. The number of hydrogen-bond acceptors (Lipinski definition) is 6. The Kier molecular flexibility index (Phi) is 4.58. The van der Waals surface area contributed by atoms with E-state index in [1.54, 1.807) is 17.3 Å². The van der Waals surface area contributed by atoms with E-state index in [0.717, 1.165) is 36.7 Å². The zero-order valence-corrected chi connectivity index (χ0v) is 14.2. The zero-order valence-electron chi connectivity index (χ0n) is 14.2. The maximum Gasteiger partial charge on any atom is 0.151 e. The van der Waals surface area contributed by atoms with Gasteiger partial charge >= 0.3 is 0 Å². The Morgan fingerprint density at radius 3 is 2.92 bits per heavy atom. The van der Waals surface area contributed by atoms with E-state index in [2.05, 4.69) is 51.3 Å². The van der Waals surface area contributed by atoms with Gasteiger partial charge in [0.1, 0.15) is 18.3 Å². The van der Waals surface area contributed by atoms with Crippen molar-refractivity contribution in [2.24, 2.45) is 0 Å². The van der Waals surface area contributed by atoms with Crippen LogP contribution >= 0.6 is 0 Å². The van der Waals surface area contributed by atoms with Crippen molar-refractivity contribution in [1.29, 1.82) is 0 Å². The minimum atomic E-state index is 0.106. The van der Waals surface area contributed by atoms with Crippen LogP contribution in [0.3, 0.4) is 0 Å². The van der Waals surface area contributed by atoms with E-state index in [0.29, 0.717) is 13.2 Å². The lowest BCUT2D eigenvalue weighted by atomic mass is 10.1. The molecule has 0 unspecified atom stereocenters. The number of ether oxygens (including phenoxy) is 1. The van der Waals surface area contributed by atoms with E-state index in [-0.39, 0.29) is 6.10 Å². The molecule has 2 aromatic heterocycles. The Morgan fingerprint density at radius 2 is 2.12 bits per heavy atom. The Balaban J connectivity index is 1.37. The first-order chi connectivity index (χ1) is 12.3. The number of morpholine rings is 1. The van der Waals surface area contributed by atoms with Gasteiger partial charge < -0.3 is 9.26 Å². The predicted molar refractivity (Wildman–Crippen MR) is 91.7 cm³/mol. The van der Waals surface area contributed by atoms with Crippen LogP contribution in [0.2, 0.25) is 0 Å². The first-order valence-electron chi connectivity index (χ1n) is 8.45. The third-order valence-corrected chi connectivity index (χ3v) is 4.37. The normalized spacial score (nSPS) is 18.5. The molecule has 1 saturated heterocycles. The van der Waals surface area contributed by atoms with Crippen molar-refractivity contribution in [3.05, 3.63) is 54.3 Å². The third-order valence-electron chi connectivity index (χ3n) is 4.37. The molecule has 1 aliphatic rings. The lowest BCUT2D eigenvalue weighted by Gasteiger charge is -2.32. The van der Waals surface area contributed by atoms with Gasteiger partial charge in [-0.25, -0.2) is 4.98 Å². The minimum Gasteiger partial charge on any atom is -0.374 e. The van der Waals surface area contributed by atoms with E-state index in [1.807, 2.05) is 6.07 Å². The van der Waals surface area contributed by atoms with Crippen molar-refractivity contribution >= 4 is 0 Å². The van der Waals surface area contributed by atoms with Crippen LogP contribution in [-0.2, 0) is 17.8 Å².